The Morgan fingerprint density at radius 1 is 1.38 bits per heavy atom. The van der Waals surface area contributed by atoms with E-state index in [0.717, 1.165) is 0 Å². The van der Waals surface area contributed by atoms with Crippen molar-refractivity contribution in [1.29, 1.82) is 0 Å². The van der Waals surface area contributed by atoms with E-state index in [0.29, 0.717) is 0 Å². The van der Waals surface area contributed by atoms with E-state index in [1.165, 1.54) is 0 Å². The van der Waals surface area contributed by atoms with Gasteiger partial charge in [0.15, 0.2) is 0 Å². The second-order valence-corrected chi connectivity index (χ2v) is 2.58. The number of hydrogen-bond acceptors (Lipinski definition) is 1. The monoisotopic (exact) mass is 281 g/mol. The average Bonchev–Trinajstić information content (AvgIpc) is 1.31. The molecular formula is C5H10NOTa-. The number of amides is 1. The van der Waals surface area contributed by atoms with Crippen LogP contribution in [0.15, 0.2) is 0 Å². The van der Waals surface area contributed by atoms with Crippen LogP contribution in [0.5, 0.6) is 0 Å². The molecule has 1 amide bonds. The molecule has 47 valence electrons. The molecule has 3 heteroatoms. The number of rotatable bonds is 0. The van der Waals surface area contributed by atoms with Gasteiger partial charge < -0.3 is 10.5 Å². The molecule has 0 bridgehead atoms. The third kappa shape index (κ3) is 4.37. The van der Waals surface area contributed by atoms with E-state index in [-0.39, 0.29) is 22.4 Å². The fourth-order valence-electron chi connectivity index (χ4n) is 0. The van der Waals surface area contributed by atoms with Gasteiger partial charge in [0.2, 0.25) is 0 Å². The van der Waals surface area contributed by atoms with Crippen LogP contribution in [0.4, 0.5) is 0 Å². The molecule has 1 N–H and O–H groups in total. The Bertz CT molecular complexity index is 84.9. The maximum atomic E-state index is 10.1. The molecule has 2 nitrogen and oxygen atoms in total. The molecule has 8 heavy (non-hydrogen) atoms. The zero-order valence-electron chi connectivity index (χ0n) is 5.36. The van der Waals surface area contributed by atoms with Gasteiger partial charge in [0.05, 0.1) is 5.91 Å². The van der Waals surface area contributed by atoms with E-state index in [2.05, 4.69) is 0 Å². The summed E-state index contributed by atoms with van der Waals surface area (Å²) in [5.41, 5.74) is 6.12. The Labute approximate surface area is 65.3 Å². The summed E-state index contributed by atoms with van der Waals surface area (Å²) in [6.45, 7) is 5.17. The summed E-state index contributed by atoms with van der Waals surface area (Å²) < 4.78 is 0. The SMILES string of the molecule is CC(C)(C)C([NH-])=O.[Ta]. The largest absolute Gasteiger partial charge is 0.667 e. The van der Waals surface area contributed by atoms with Gasteiger partial charge in [0, 0.05) is 27.8 Å². The van der Waals surface area contributed by atoms with Crippen LogP contribution in [-0.2, 0) is 27.2 Å². The molecule has 0 aliphatic rings. The third-order valence-electron chi connectivity index (χ3n) is 0.681. The van der Waals surface area contributed by atoms with Gasteiger partial charge in [-0.1, -0.05) is 20.8 Å². The van der Waals surface area contributed by atoms with Crippen molar-refractivity contribution < 1.29 is 27.2 Å². The number of hydrogen-bond donors (Lipinski definition) is 0. The second kappa shape index (κ2) is 3.28. The van der Waals surface area contributed by atoms with E-state index in [1.54, 1.807) is 20.8 Å². The summed E-state index contributed by atoms with van der Waals surface area (Å²) in [6, 6.07) is 0. The molecule has 0 rings (SSSR count). The van der Waals surface area contributed by atoms with Gasteiger partial charge in [-0.25, -0.2) is 0 Å². The van der Waals surface area contributed by atoms with E-state index in [1.807, 2.05) is 0 Å². The molecular weight excluding hydrogens is 271 g/mol. The quantitative estimate of drug-likeness (QED) is 0.665. The first-order valence-electron chi connectivity index (χ1n) is 2.20. The van der Waals surface area contributed by atoms with Crippen molar-refractivity contribution in [3.05, 3.63) is 5.73 Å². The van der Waals surface area contributed by atoms with Gasteiger partial charge in [-0.2, -0.15) is 0 Å². The standard InChI is InChI=1S/C5H11NO.Ta/c1-5(2,3)4(6)7;/h1-3H3,(H2,6,7);/p-1. The number of carbonyl (C=O) groups is 1. The van der Waals surface area contributed by atoms with Crippen molar-refractivity contribution in [1.82, 2.24) is 0 Å². The number of nitrogens with one attached hydrogen (secondary N) is 1. The minimum atomic E-state index is -0.507. The van der Waals surface area contributed by atoms with E-state index >= 15 is 0 Å². The van der Waals surface area contributed by atoms with Crippen molar-refractivity contribution >= 4 is 5.91 Å². The van der Waals surface area contributed by atoms with Gasteiger partial charge in [0.1, 0.15) is 0 Å². The van der Waals surface area contributed by atoms with E-state index in [4.69, 9.17) is 5.73 Å². The Hall–Kier alpha value is 0.210. The van der Waals surface area contributed by atoms with Crippen LogP contribution in [0.25, 0.3) is 5.73 Å². The maximum Gasteiger partial charge on any atom is 0.0542 e. The molecule has 0 unspecified atom stereocenters. The van der Waals surface area contributed by atoms with Crippen molar-refractivity contribution in [3.63, 3.8) is 0 Å². The van der Waals surface area contributed by atoms with Gasteiger partial charge in [-0.3, -0.25) is 0 Å². The zero-order chi connectivity index (χ0) is 6.08. The molecule has 0 saturated heterocycles. The topological polar surface area (TPSA) is 40.9 Å². The normalized spacial score (nSPS) is 9.88. The first-order chi connectivity index (χ1) is 2.94. The fourth-order valence-corrected chi connectivity index (χ4v) is 0. The molecule has 1 radical (unpaired) electrons. The van der Waals surface area contributed by atoms with E-state index in [9.17, 15) is 4.79 Å². The van der Waals surface area contributed by atoms with Gasteiger partial charge in [0.25, 0.3) is 0 Å². The van der Waals surface area contributed by atoms with Crippen LogP contribution in [0.2, 0.25) is 0 Å². The van der Waals surface area contributed by atoms with Crippen LogP contribution in [0.3, 0.4) is 0 Å². The van der Waals surface area contributed by atoms with Crippen LogP contribution in [0, 0.1) is 5.41 Å². The minimum Gasteiger partial charge on any atom is -0.667 e. The first kappa shape index (κ1) is 11.1. The fraction of sp³-hybridized carbons (Fsp3) is 0.800. The molecule has 0 aliphatic heterocycles. The van der Waals surface area contributed by atoms with Crippen molar-refractivity contribution in [2.75, 3.05) is 0 Å². The van der Waals surface area contributed by atoms with Crippen LogP contribution in [-0.4, -0.2) is 5.91 Å². The molecule has 0 heterocycles. The molecule has 0 atom stereocenters. The molecule has 0 saturated carbocycles. The molecule has 0 aliphatic carbocycles. The summed E-state index contributed by atoms with van der Waals surface area (Å²) in [5.74, 6) is -0.507. The summed E-state index contributed by atoms with van der Waals surface area (Å²) in [7, 11) is 0. The minimum absolute atomic E-state index is 0. The first-order valence-corrected chi connectivity index (χ1v) is 2.20. The summed E-state index contributed by atoms with van der Waals surface area (Å²) in [5, 5.41) is 0. The zero-order valence-corrected chi connectivity index (χ0v) is 8.57. The van der Waals surface area contributed by atoms with Crippen LogP contribution >= 0.6 is 0 Å². The number of carbonyl (C=O) groups excluding carboxylic acids is 1. The molecule has 0 fully saturated rings. The van der Waals surface area contributed by atoms with E-state index < -0.39 is 11.3 Å². The van der Waals surface area contributed by atoms with Crippen molar-refractivity contribution in [2.24, 2.45) is 5.41 Å². The molecule has 0 spiro atoms. The summed E-state index contributed by atoms with van der Waals surface area (Å²) >= 11 is 0. The Balaban J connectivity index is 0. The maximum absolute atomic E-state index is 10.1. The Morgan fingerprint density at radius 3 is 1.50 bits per heavy atom. The predicted molar refractivity (Wildman–Crippen MR) is 28.8 cm³/mol. The van der Waals surface area contributed by atoms with Crippen molar-refractivity contribution in [3.8, 4) is 0 Å². The third-order valence-corrected chi connectivity index (χ3v) is 0.681. The van der Waals surface area contributed by atoms with Gasteiger partial charge in [-0.15, -0.1) is 0 Å². The smallest absolute Gasteiger partial charge is 0.0542 e. The van der Waals surface area contributed by atoms with Gasteiger partial charge in [-0.05, 0) is 0 Å². The summed E-state index contributed by atoms with van der Waals surface area (Å²) in [4.78, 5) is 10.1. The average molecular weight is 281 g/mol. The molecule has 0 aromatic rings. The van der Waals surface area contributed by atoms with Crippen LogP contribution in [0.1, 0.15) is 20.8 Å². The predicted octanol–water partition coefficient (Wildman–Crippen LogP) is 1.61. The molecule has 0 aromatic carbocycles. The van der Waals surface area contributed by atoms with Gasteiger partial charge >= 0.3 is 0 Å². The Morgan fingerprint density at radius 2 is 1.50 bits per heavy atom. The Kier molecular flexibility index (Phi) is 4.53. The second-order valence-electron chi connectivity index (χ2n) is 2.58. The summed E-state index contributed by atoms with van der Waals surface area (Å²) in [6.07, 6.45) is 0. The van der Waals surface area contributed by atoms with Crippen LogP contribution < -0.4 is 0 Å². The molecule has 0 aromatic heterocycles. The van der Waals surface area contributed by atoms with Crippen molar-refractivity contribution in [2.45, 2.75) is 20.8 Å².